The molecule has 10 heavy (non-hydrogen) atoms. The lowest BCUT2D eigenvalue weighted by molar-refractivity contribution is 0.784. The lowest BCUT2D eigenvalue weighted by atomic mass is 10.00. The molecule has 1 radical (unpaired) electrons. The molecule has 53 valence electrons. The quantitative estimate of drug-likeness (QED) is 0.562. The maximum Gasteiger partial charge on any atom is 0.0934 e. The second-order valence-electron chi connectivity index (χ2n) is 2.54. The SMILES string of the molecule is Clc1cc2c(s1)[CH]CCC2. The van der Waals surface area contributed by atoms with Crippen LogP contribution in [0.3, 0.4) is 0 Å². The first kappa shape index (κ1) is 6.68. The molecule has 0 spiro atoms. The number of fused-ring (bicyclic) bond motifs is 1. The van der Waals surface area contributed by atoms with E-state index in [0.29, 0.717) is 0 Å². The van der Waals surface area contributed by atoms with Crippen molar-refractivity contribution in [3.63, 3.8) is 0 Å². The first-order valence-corrected chi connectivity index (χ1v) is 4.67. The van der Waals surface area contributed by atoms with Crippen LogP contribution in [0.15, 0.2) is 6.07 Å². The highest BCUT2D eigenvalue weighted by atomic mass is 35.5. The smallest absolute Gasteiger partial charge is 0.0934 e. The van der Waals surface area contributed by atoms with Gasteiger partial charge in [-0.15, -0.1) is 11.3 Å². The zero-order valence-electron chi connectivity index (χ0n) is 5.56. The molecule has 1 aliphatic carbocycles. The van der Waals surface area contributed by atoms with Crippen molar-refractivity contribution in [1.29, 1.82) is 0 Å². The van der Waals surface area contributed by atoms with Crippen LogP contribution in [0.5, 0.6) is 0 Å². The van der Waals surface area contributed by atoms with E-state index < -0.39 is 0 Å². The van der Waals surface area contributed by atoms with Crippen molar-refractivity contribution in [1.82, 2.24) is 0 Å². The standard InChI is InChI=1S/C8H8ClS/c9-8-5-6-3-1-2-4-7(6)10-8/h4-5H,1-3H2. The van der Waals surface area contributed by atoms with Crippen LogP contribution < -0.4 is 0 Å². The van der Waals surface area contributed by atoms with Gasteiger partial charge in [0.1, 0.15) is 0 Å². The van der Waals surface area contributed by atoms with Crippen LogP contribution in [0.1, 0.15) is 23.3 Å². The van der Waals surface area contributed by atoms with E-state index >= 15 is 0 Å². The van der Waals surface area contributed by atoms with Gasteiger partial charge in [-0.3, -0.25) is 0 Å². The average molecular weight is 172 g/mol. The Labute approximate surface area is 69.8 Å². The number of rotatable bonds is 0. The molecule has 0 N–H and O–H groups in total. The highest BCUT2D eigenvalue weighted by molar-refractivity contribution is 7.16. The molecular weight excluding hydrogens is 164 g/mol. The van der Waals surface area contributed by atoms with E-state index in [1.165, 1.54) is 29.7 Å². The second-order valence-corrected chi connectivity index (χ2v) is 4.25. The minimum absolute atomic E-state index is 0.933. The predicted molar refractivity (Wildman–Crippen MR) is 45.7 cm³/mol. The Morgan fingerprint density at radius 3 is 3.20 bits per heavy atom. The Morgan fingerprint density at radius 1 is 1.50 bits per heavy atom. The first-order valence-electron chi connectivity index (χ1n) is 3.48. The van der Waals surface area contributed by atoms with Crippen LogP contribution in [0.25, 0.3) is 0 Å². The van der Waals surface area contributed by atoms with E-state index in [-0.39, 0.29) is 0 Å². The number of hydrogen-bond acceptors (Lipinski definition) is 1. The normalized spacial score (nSPS) is 16.9. The molecule has 0 aliphatic heterocycles. The van der Waals surface area contributed by atoms with E-state index in [9.17, 15) is 0 Å². The Morgan fingerprint density at radius 2 is 2.40 bits per heavy atom. The van der Waals surface area contributed by atoms with E-state index in [2.05, 4.69) is 12.5 Å². The van der Waals surface area contributed by atoms with Gasteiger partial charge in [-0.2, -0.15) is 0 Å². The molecule has 1 aliphatic rings. The Balaban J connectivity index is 2.41. The molecule has 0 saturated heterocycles. The van der Waals surface area contributed by atoms with Gasteiger partial charge in [0.25, 0.3) is 0 Å². The molecule has 0 atom stereocenters. The Hall–Kier alpha value is -0.0100. The van der Waals surface area contributed by atoms with Crippen molar-refractivity contribution in [3.8, 4) is 0 Å². The van der Waals surface area contributed by atoms with Crippen molar-refractivity contribution in [2.75, 3.05) is 0 Å². The minimum Gasteiger partial charge on any atom is -0.128 e. The third kappa shape index (κ3) is 1.08. The number of thiophene rings is 1. The van der Waals surface area contributed by atoms with Crippen LogP contribution in [0, 0.1) is 6.42 Å². The van der Waals surface area contributed by atoms with Gasteiger partial charge in [0.15, 0.2) is 0 Å². The lowest BCUT2D eigenvalue weighted by Gasteiger charge is -2.07. The fourth-order valence-electron chi connectivity index (χ4n) is 1.30. The third-order valence-corrected chi connectivity index (χ3v) is 3.09. The predicted octanol–water partition coefficient (Wildman–Crippen LogP) is 3.29. The van der Waals surface area contributed by atoms with Crippen LogP contribution in [0.2, 0.25) is 4.34 Å². The molecular formula is C8H8ClS. The molecule has 1 aromatic heterocycles. The summed E-state index contributed by atoms with van der Waals surface area (Å²) in [5.41, 5.74) is 1.45. The molecule has 0 saturated carbocycles. The van der Waals surface area contributed by atoms with Crippen molar-refractivity contribution in [3.05, 3.63) is 27.3 Å². The second kappa shape index (κ2) is 2.55. The van der Waals surface area contributed by atoms with Gasteiger partial charge in [-0.05, 0) is 30.9 Å². The highest BCUT2D eigenvalue weighted by Gasteiger charge is 2.11. The summed E-state index contributed by atoms with van der Waals surface area (Å²) in [6.45, 7) is 0. The lowest BCUT2D eigenvalue weighted by Crippen LogP contribution is -1.94. The molecule has 0 unspecified atom stereocenters. The highest BCUT2D eigenvalue weighted by Crippen LogP contribution is 2.33. The van der Waals surface area contributed by atoms with Crippen LogP contribution in [0.4, 0.5) is 0 Å². The van der Waals surface area contributed by atoms with Crippen LogP contribution in [-0.2, 0) is 6.42 Å². The van der Waals surface area contributed by atoms with Gasteiger partial charge in [-0.1, -0.05) is 11.6 Å². The molecule has 0 bridgehead atoms. The zero-order chi connectivity index (χ0) is 6.97. The molecule has 0 aromatic carbocycles. The van der Waals surface area contributed by atoms with E-state index in [1.807, 2.05) is 0 Å². The van der Waals surface area contributed by atoms with Gasteiger partial charge in [0.05, 0.1) is 4.34 Å². The van der Waals surface area contributed by atoms with Crippen molar-refractivity contribution < 1.29 is 0 Å². The van der Waals surface area contributed by atoms with Crippen LogP contribution >= 0.6 is 22.9 Å². The van der Waals surface area contributed by atoms with E-state index in [4.69, 9.17) is 11.6 Å². The largest absolute Gasteiger partial charge is 0.128 e. The zero-order valence-corrected chi connectivity index (χ0v) is 7.13. The monoisotopic (exact) mass is 171 g/mol. The van der Waals surface area contributed by atoms with Gasteiger partial charge in [0, 0.05) is 11.3 Å². The summed E-state index contributed by atoms with van der Waals surface area (Å²) in [6, 6.07) is 2.09. The summed E-state index contributed by atoms with van der Waals surface area (Å²) in [6.07, 6.45) is 6.02. The first-order chi connectivity index (χ1) is 4.86. The summed E-state index contributed by atoms with van der Waals surface area (Å²) in [5.74, 6) is 0. The number of aryl methyl sites for hydroxylation is 1. The molecule has 1 aromatic rings. The Bertz CT molecular complexity index is 216. The van der Waals surface area contributed by atoms with E-state index in [0.717, 1.165) is 4.34 Å². The number of halogens is 1. The summed E-state index contributed by atoms with van der Waals surface area (Å²) in [5, 5.41) is 0. The molecule has 0 nitrogen and oxygen atoms in total. The number of hydrogen-bond donors (Lipinski definition) is 0. The summed E-state index contributed by atoms with van der Waals surface area (Å²) < 4.78 is 0.933. The van der Waals surface area contributed by atoms with Gasteiger partial charge >= 0.3 is 0 Å². The molecule has 1 heterocycles. The summed E-state index contributed by atoms with van der Waals surface area (Å²) in [7, 11) is 0. The van der Waals surface area contributed by atoms with Gasteiger partial charge < -0.3 is 0 Å². The minimum atomic E-state index is 0.933. The van der Waals surface area contributed by atoms with Crippen molar-refractivity contribution in [2.45, 2.75) is 19.3 Å². The molecule has 2 heteroatoms. The topological polar surface area (TPSA) is 0 Å². The molecule has 0 amide bonds. The summed E-state index contributed by atoms with van der Waals surface area (Å²) >= 11 is 7.55. The average Bonchev–Trinajstić information content (AvgIpc) is 2.27. The Kier molecular flexibility index (Phi) is 1.71. The fourth-order valence-corrected chi connectivity index (χ4v) is 2.59. The van der Waals surface area contributed by atoms with Gasteiger partial charge in [-0.25, -0.2) is 0 Å². The van der Waals surface area contributed by atoms with Crippen molar-refractivity contribution in [2.24, 2.45) is 0 Å². The molecule has 2 rings (SSSR count). The third-order valence-electron chi connectivity index (χ3n) is 1.79. The van der Waals surface area contributed by atoms with Crippen molar-refractivity contribution >= 4 is 22.9 Å². The maximum atomic E-state index is 5.85. The summed E-state index contributed by atoms with van der Waals surface area (Å²) in [4.78, 5) is 1.40. The van der Waals surface area contributed by atoms with Crippen LogP contribution in [-0.4, -0.2) is 0 Å². The fraction of sp³-hybridized carbons (Fsp3) is 0.375. The van der Waals surface area contributed by atoms with E-state index in [1.54, 1.807) is 11.3 Å². The maximum absolute atomic E-state index is 5.85. The van der Waals surface area contributed by atoms with Gasteiger partial charge in [0.2, 0.25) is 0 Å². The molecule has 0 fully saturated rings.